The van der Waals surface area contributed by atoms with E-state index in [-0.39, 0.29) is 17.8 Å². The molecule has 2 heterocycles. The fourth-order valence-corrected chi connectivity index (χ4v) is 2.88. The van der Waals surface area contributed by atoms with E-state index in [2.05, 4.69) is 15.5 Å². The molecule has 1 atom stereocenters. The molecule has 1 aromatic heterocycles. The topological polar surface area (TPSA) is 67.3 Å². The molecule has 0 unspecified atom stereocenters. The highest BCUT2D eigenvalue weighted by molar-refractivity contribution is 5.81. The van der Waals surface area contributed by atoms with Crippen molar-refractivity contribution in [1.29, 1.82) is 0 Å². The molecule has 0 radical (unpaired) electrons. The van der Waals surface area contributed by atoms with Gasteiger partial charge in [0.1, 0.15) is 17.4 Å². The minimum atomic E-state index is -0.647. The number of benzene rings is 1. The van der Waals surface area contributed by atoms with Crippen LogP contribution < -0.4 is 10.1 Å². The standard InChI is InChI=1S/C18H21FN4O2/c1-13(25-16-5-2-4-14(19)12-16)18(24)23-10-7-15(8-11-23)21-17-6-3-9-20-22-17/h2-6,9,12-13,15H,7-8,10-11H2,1H3,(H,21,22)/t13-/m0/s1. The number of ether oxygens (including phenoxy) is 1. The van der Waals surface area contributed by atoms with Crippen LogP contribution in [0.3, 0.4) is 0 Å². The second-order valence-corrected chi connectivity index (χ2v) is 6.07. The number of anilines is 1. The first-order chi connectivity index (χ1) is 12.1. The summed E-state index contributed by atoms with van der Waals surface area (Å²) in [7, 11) is 0. The van der Waals surface area contributed by atoms with Gasteiger partial charge >= 0.3 is 0 Å². The lowest BCUT2D eigenvalue weighted by molar-refractivity contribution is -0.138. The van der Waals surface area contributed by atoms with Crippen molar-refractivity contribution in [2.45, 2.75) is 31.9 Å². The summed E-state index contributed by atoms with van der Waals surface area (Å²) in [6, 6.07) is 9.80. The van der Waals surface area contributed by atoms with Crippen LogP contribution in [0, 0.1) is 5.82 Å². The largest absolute Gasteiger partial charge is 0.481 e. The van der Waals surface area contributed by atoms with Crippen LogP contribution in [0.15, 0.2) is 42.6 Å². The molecule has 0 bridgehead atoms. The second kappa shape index (κ2) is 7.92. The van der Waals surface area contributed by atoms with Gasteiger partial charge in [0.2, 0.25) is 0 Å². The van der Waals surface area contributed by atoms with E-state index in [0.29, 0.717) is 18.8 Å². The molecule has 1 amide bonds. The van der Waals surface area contributed by atoms with Crippen molar-refractivity contribution >= 4 is 11.7 Å². The van der Waals surface area contributed by atoms with Crippen molar-refractivity contribution in [2.75, 3.05) is 18.4 Å². The molecular formula is C18H21FN4O2. The quantitative estimate of drug-likeness (QED) is 0.903. The molecule has 0 spiro atoms. The van der Waals surface area contributed by atoms with Gasteiger partial charge in [-0.25, -0.2) is 4.39 Å². The number of halogens is 1. The number of rotatable bonds is 5. The molecule has 1 fully saturated rings. The Morgan fingerprint density at radius 1 is 1.32 bits per heavy atom. The molecule has 1 N–H and O–H groups in total. The Morgan fingerprint density at radius 3 is 2.80 bits per heavy atom. The maximum atomic E-state index is 13.2. The molecule has 0 saturated carbocycles. The number of hydrogen-bond donors (Lipinski definition) is 1. The second-order valence-electron chi connectivity index (χ2n) is 6.07. The van der Waals surface area contributed by atoms with Crippen LogP contribution in [-0.2, 0) is 4.79 Å². The monoisotopic (exact) mass is 344 g/mol. The Labute approximate surface area is 146 Å². The zero-order valence-electron chi connectivity index (χ0n) is 14.1. The summed E-state index contributed by atoms with van der Waals surface area (Å²) in [5.41, 5.74) is 0. The van der Waals surface area contributed by atoms with Crippen molar-refractivity contribution in [3.8, 4) is 5.75 Å². The smallest absolute Gasteiger partial charge is 0.263 e. The summed E-state index contributed by atoms with van der Waals surface area (Å²) in [5.74, 6) is 0.644. The molecular weight excluding hydrogens is 323 g/mol. The molecule has 6 nitrogen and oxygen atoms in total. The highest BCUT2D eigenvalue weighted by Gasteiger charge is 2.27. The van der Waals surface area contributed by atoms with E-state index in [9.17, 15) is 9.18 Å². The number of likely N-dealkylation sites (tertiary alicyclic amines) is 1. The van der Waals surface area contributed by atoms with Gasteiger partial charge < -0.3 is 15.0 Å². The van der Waals surface area contributed by atoms with Gasteiger partial charge in [-0.05, 0) is 44.0 Å². The maximum Gasteiger partial charge on any atom is 0.263 e. The van der Waals surface area contributed by atoms with E-state index in [4.69, 9.17) is 4.74 Å². The van der Waals surface area contributed by atoms with Crippen molar-refractivity contribution in [2.24, 2.45) is 0 Å². The van der Waals surface area contributed by atoms with E-state index in [1.54, 1.807) is 30.2 Å². The molecule has 1 aliphatic heterocycles. The van der Waals surface area contributed by atoms with Crippen LogP contribution in [0.25, 0.3) is 0 Å². The molecule has 3 rings (SSSR count). The van der Waals surface area contributed by atoms with E-state index < -0.39 is 6.10 Å². The van der Waals surface area contributed by atoms with Gasteiger partial charge in [-0.1, -0.05) is 6.07 Å². The molecule has 1 aromatic carbocycles. The Morgan fingerprint density at radius 2 is 2.12 bits per heavy atom. The first-order valence-electron chi connectivity index (χ1n) is 8.37. The number of carbonyl (C=O) groups excluding carboxylic acids is 1. The Bertz CT molecular complexity index is 705. The lowest BCUT2D eigenvalue weighted by Crippen LogP contribution is -2.47. The average Bonchev–Trinajstić information content (AvgIpc) is 2.62. The summed E-state index contributed by atoms with van der Waals surface area (Å²) < 4.78 is 18.8. The summed E-state index contributed by atoms with van der Waals surface area (Å²) in [6.45, 7) is 2.98. The third-order valence-electron chi connectivity index (χ3n) is 4.19. The highest BCUT2D eigenvalue weighted by Crippen LogP contribution is 2.18. The van der Waals surface area contributed by atoms with E-state index in [0.717, 1.165) is 18.7 Å². The van der Waals surface area contributed by atoms with Crippen LogP contribution in [-0.4, -0.2) is 46.2 Å². The first kappa shape index (κ1) is 17.1. The van der Waals surface area contributed by atoms with Crippen LogP contribution in [0.5, 0.6) is 5.75 Å². The number of piperidine rings is 1. The zero-order valence-corrected chi connectivity index (χ0v) is 14.1. The van der Waals surface area contributed by atoms with Crippen molar-refractivity contribution in [3.63, 3.8) is 0 Å². The molecule has 7 heteroatoms. The lowest BCUT2D eigenvalue weighted by atomic mass is 10.0. The number of aromatic nitrogens is 2. The summed E-state index contributed by atoms with van der Waals surface area (Å²) >= 11 is 0. The molecule has 2 aromatic rings. The number of carbonyl (C=O) groups is 1. The first-order valence-corrected chi connectivity index (χ1v) is 8.37. The van der Waals surface area contributed by atoms with E-state index in [1.165, 1.54) is 12.1 Å². The van der Waals surface area contributed by atoms with Gasteiger partial charge in [0.05, 0.1) is 0 Å². The van der Waals surface area contributed by atoms with E-state index in [1.807, 2.05) is 12.1 Å². The summed E-state index contributed by atoms with van der Waals surface area (Å²) in [4.78, 5) is 14.3. The van der Waals surface area contributed by atoms with Gasteiger partial charge in [0, 0.05) is 31.4 Å². The molecule has 1 saturated heterocycles. The Balaban J connectivity index is 1.49. The predicted molar refractivity (Wildman–Crippen MR) is 91.7 cm³/mol. The Kier molecular flexibility index (Phi) is 5.42. The number of amides is 1. The van der Waals surface area contributed by atoms with Gasteiger partial charge in [0.15, 0.2) is 6.10 Å². The summed E-state index contributed by atoms with van der Waals surface area (Å²) in [5, 5.41) is 11.2. The maximum absolute atomic E-state index is 13.2. The third kappa shape index (κ3) is 4.65. The van der Waals surface area contributed by atoms with Crippen LogP contribution in [0.4, 0.5) is 10.2 Å². The fraction of sp³-hybridized carbons (Fsp3) is 0.389. The minimum Gasteiger partial charge on any atom is -0.481 e. The Hall–Kier alpha value is -2.70. The van der Waals surface area contributed by atoms with Crippen LogP contribution in [0.1, 0.15) is 19.8 Å². The van der Waals surface area contributed by atoms with Crippen molar-refractivity contribution < 1.29 is 13.9 Å². The van der Waals surface area contributed by atoms with Gasteiger partial charge in [-0.15, -0.1) is 5.10 Å². The molecule has 132 valence electrons. The van der Waals surface area contributed by atoms with Crippen molar-refractivity contribution in [1.82, 2.24) is 15.1 Å². The summed E-state index contributed by atoms with van der Waals surface area (Å²) in [6.07, 6.45) is 2.64. The lowest BCUT2D eigenvalue weighted by Gasteiger charge is -2.34. The average molecular weight is 344 g/mol. The molecule has 0 aliphatic carbocycles. The van der Waals surface area contributed by atoms with Gasteiger partial charge in [-0.2, -0.15) is 5.10 Å². The number of hydrogen-bond acceptors (Lipinski definition) is 5. The number of nitrogens with one attached hydrogen (secondary N) is 1. The molecule has 25 heavy (non-hydrogen) atoms. The normalized spacial score (nSPS) is 16.3. The number of nitrogens with zero attached hydrogens (tertiary/aromatic N) is 3. The van der Waals surface area contributed by atoms with Crippen LogP contribution >= 0.6 is 0 Å². The van der Waals surface area contributed by atoms with Crippen LogP contribution in [0.2, 0.25) is 0 Å². The van der Waals surface area contributed by atoms with Gasteiger partial charge in [0.25, 0.3) is 5.91 Å². The SMILES string of the molecule is C[C@H](Oc1cccc(F)c1)C(=O)N1CCC(Nc2cccnn2)CC1. The van der Waals surface area contributed by atoms with Crippen molar-refractivity contribution in [3.05, 3.63) is 48.4 Å². The van der Waals surface area contributed by atoms with E-state index >= 15 is 0 Å². The zero-order chi connectivity index (χ0) is 17.6. The third-order valence-corrected chi connectivity index (χ3v) is 4.19. The predicted octanol–water partition coefficient (Wildman–Crippen LogP) is 2.49. The minimum absolute atomic E-state index is 0.0813. The highest BCUT2D eigenvalue weighted by atomic mass is 19.1. The molecule has 1 aliphatic rings. The fourth-order valence-electron chi connectivity index (χ4n) is 2.88. The van der Waals surface area contributed by atoms with Gasteiger partial charge in [-0.3, -0.25) is 4.79 Å².